The monoisotopic (exact) mass is 452 g/mol. The van der Waals surface area contributed by atoms with Crippen LogP contribution in [0.5, 0.6) is 5.75 Å². The number of thioether (sulfide) groups is 1. The molecule has 32 heavy (non-hydrogen) atoms. The number of para-hydroxylation sites is 1. The summed E-state index contributed by atoms with van der Waals surface area (Å²) in [5, 5.41) is 12.4. The van der Waals surface area contributed by atoms with Crippen molar-refractivity contribution >= 4 is 23.4 Å². The van der Waals surface area contributed by atoms with E-state index in [0.29, 0.717) is 11.8 Å². The normalized spacial score (nSPS) is 12.2. The Morgan fingerprint density at radius 1 is 1.00 bits per heavy atom. The predicted molar refractivity (Wildman–Crippen MR) is 130 cm³/mol. The van der Waals surface area contributed by atoms with Gasteiger partial charge in [-0.05, 0) is 48.6 Å². The number of carbonyl (C=O) groups excluding carboxylic acids is 1. The van der Waals surface area contributed by atoms with Crippen LogP contribution < -0.4 is 10.1 Å². The first-order valence-corrected chi connectivity index (χ1v) is 12.0. The molecule has 0 fully saturated rings. The summed E-state index contributed by atoms with van der Waals surface area (Å²) in [6.45, 7) is 11.4. The zero-order valence-electron chi connectivity index (χ0n) is 19.4. The van der Waals surface area contributed by atoms with E-state index in [9.17, 15) is 4.79 Å². The Balaban J connectivity index is 1.68. The summed E-state index contributed by atoms with van der Waals surface area (Å²) in [6, 6.07) is 17.6. The molecule has 1 unspecified atom stereocenters. The van der Waals surface area contributed by atoms with E-state index >= 15 is 0 Å². The van der Waals surface area contributed by atoms with Crippen molar-refractivity contribution in [1.29, 1.82) is 0 Å². The zero-order valence-corrected chi connectivity index (χ0v) is 20.2. The maximum absolute atomic E-state index is 12.4. The van der Waals surface area contributed by atoms with Gasteiger partial charge < -0.3 is 14.6 Å². The summed E-state index contributed by atoms with van der Waals surface area (Å²) in [4.78, 5) is 12.4. The molecule has 0 spiro atoms. The number of carbonyl (C=O) groups is 1. The molecule has 0 bridgehead atoms. The van der Waals surface area contributed by atoms with E-state index in [0.717, 1.165) is 29.0 Å². The van der Waals surface area contributed by atoms with E-state index in [1.165, 1.54) is 17.3 Å². The molecule has 1 amide bonds. The van der Waals surface area contributed by atoms with E-state index in [1.807, 2.05) is 49.4 Å². The van der Waals surface area contributed by atoms with Gasteiger partial charge >= 0.3 is 0 Å². The van der Waals surface area contributed by atoms with Crippen LogP contribution >= 0.6 is 11.8 Å². The smallest absolute Gasteiger partial charge is 0.234 e. The number of aromatic nitrogens is 3. The summed E-state index contributed by atoms with van der Waals surface area (Å²) < 4.78 is 8.23. The second-order valence-electron chi connectivity index (χ2n) is 8.53. The van der Waals surface area contributed by atoms with Crippen LogP contribution in [-0.4, -0.2) is 26.4 Å². The molecule has 0 aliphatic heterocycles. The van der Waals surface area contributed by atoms with E-state index in [4.69, 9.17) is 4.74 Å². The van der Waals surface area contributed by atoms with Crippen LogP contribution in [0.1, 0.15) is 58.0 Å². The Hall–Kier alpha value is -2.80. The fourth-order valence-electron chi connectivity index (χ4n) is 3.28. The Kier molecular flexibility index (Phi) is 8.33. The first-order chi connectivity index (χ1) is 15.3. The van der Waals surface area contributed by atoms with Crippen molar-refractivity contribution in [3.05, 3.63) is 66.0 Å². The first-order valence-electron chi connectivity index (χ1n) is 11.0. The highest BCUT2D eigenvalue weighted by Crippen LogP contribution is 2.27. The van der Waals surface area contributed by atoms with Gasteiger partial charge in [0.1, 0.15) is 5.75 Å². The molecule has 0 aliphatic rings. The summed E-state index contributed by atoms with van der Waals surface area (Å²) in [6.07, 6.45) is -0.265. The number of ether oxygens (including phenoxy) is 1. The Bertz CT molecular complexity index is 1000. The third kappa shape index (κ3) is 6.60. The van der Waals surface area contributed by atoms with E-state index in [2.05, 4.69) is 59.9 Å². The van der Waals surface area contributed by atoms with Crippen molar-refractivity contribution in [1.82, 2.24) is 14.8 Å². The standard InChI is InChI=1S/C25H32N4O2S/c1-17(2)15-29-24(19(5)31-22-13-11-20(12-14-22)18(3)4)27-28-25(29)32-16-23(30)26-21-9-7-6-8-10-21/h6-14,17-19H,15-16H2,1-5H3,(H,26,30). The van der Waals surface area contributed by atoms with Gasteiger partial charge in [-0.3, -0.25) is 4.79 Å². The average Bonchev–Trinajstić information content (AvgIpc) is 3.15. The lowest BCUT2D eigenvalue weighted by Gasteiger charge is -2.18. The number of hydrogen-bond donors (Lipinski definition) is 1. The minimum absolute atomic E-state index is 0.0728. The molecule has 2 aromatic carbocycles. The van der Waals surface area contributed by atoms with Crippen LogP contribution in [0.4, 0.5) is 5.69 Å². The summed E-state index contributed by atoms with van der Waals surface area (Å²) in [7, 11) is 0. The van der Waals surface area contributed by atoms with E-state index in [-0.39, 0.29) is 17.8 Å². The van der Waals surface area contributed by atoms with Crippen molar-refractivity contribution in [2.45, 2.75) is 58.3 Å². The molecule has 0 radical (unpaired) electrons. The molecule has 7 heteroatoms. The Labute approximate surface area is 194 Å². The second-order valence-corrected chi connectivity index (χ2v) is 9.47. The van der Waals surface area contributed by atoms with E-state index < -0.39 is 0 Å². The molecule has 6 nitrogen and oxygen atoms in total. The minimum atomic E-state index is -0.265. The average molecular weight is 453 g/mol. The largest absolute Gasteiger partial charge is 0.483 e. The lowest BCUT2D eigenvalue weighted by atomic mass is 10.0. The van der Waals surface area contributed by atoms with Crippen LogP contribution in [0.2, 0.25) is 0 Å². The van der Waals surface area contributed by atoms with Crippen LogP contribution in [0.15, 0.2) is 59.8 Å². The molecule has 1 aromatic heterocycles. The molecular weight excluding hydrogens is 420 g/mol. The highest BCUT2D eigenvalue weighted by Gasteiger charge is 2.21. The van der Waals surface area contributed by atoms with Gasteiger partial charge in [0.25, 0.3) is 0 Å². The van der Waals surface area contributed by atoms with E-state index in [1.54, 1.807) is 0 Å². The molecule has 170 valence electrons. The SMILES string of the molecule is CC(C)Cn1c(SCC(=O)Nc2ccccc2)nnc1C(C)Oc1ccc(C(C)C)cc1. The van der Waals surface area contributed by atoms with Gasteiger partial charge in [0.05, 0.1) is 5.75 Å². The molecule has 0 saturated carbocycles. The Morgan fingerprint density at radius 2 is 1.69 bits per heavy atom. The zero-order chi connectivity index (χ0) is 23.1. The number of hydrogen-bond acceptors (Lipinski definition) is 5. The van der Waals surface area contributed by atoms with Crippen LogP contribution in [0.25, 0.3) is 0 Å². The van der Waals surface area contributed by atoms with Crippen molar-refractivity contribution in [3.63, 3.8) is 0 Å². The summed E-state index contributed by atoms with van der Waals surface area (Å²) in [5.41, 5.74) is 2.06. The van der Waals surface area contributed by atoms with Crippen LogP contribution in [0.3, 0.4) is 0 Å². The maximum atomic E-state index is 12.4. The van der Waals surface area contributed by atoms with Gasteiger partial charge in [0.2, 0.25) is 5.91 Å². The lowest BCUT2D eigenvalue weighted by Crippen LogP contribution is -2.17. The van der Waals surface area contributed by atoms with Gasteiger partial charge in [-0.25, -0.2) is 0 Å². The van der Waals surface area contributed by atoms with Gasteiger partial charge in [-0.1, -0.05) is 69.8 Å². The van der Waals surface area contributed by atoms with Crippen molar-refractivity contribution in [3.8, 4) is 5.75 Å². The van der Waals surface area contributed by atoms with Crippen molar-refractivity contribution in [2.24, 2.45) is 5.92 Å². The molecule has 3 aromatic rings. The molecule has 1 heterocycles. The predicted octanol–water partition coefficient (Wildman–Crippen LogP) is 5.93. The van der Waals surface area contributed by atoms with Gasteiger partial charge in [-0.2, -0.15) is 0 Å². The summed E-state index contributed by atoms with van der Waals surface area (Å²) in [5.74, 6) is 2.64. The topological polar surface area (TPSA) is 69.0 Å². The van der Waals surface area contributed by atoms with Gasteiger partial charge in [0, 0.05) is 12.2 Å². The number of rotatable bonds is 10. The third-order valence-corrected chi connectivity index (χ3v) is 5.87. The van der Waals surface area contributed by atoms with Crippen LogP contribution in [-0.2, 0) is 11.3 Å². The minimum Gasteiger partial charge on any atom is -0.483 e. The highest BCUT2D eigenvalue weighted by atomic mass is 32.2. The summed E-state index contributed by atoms with van der Waals surface area (Å²) >= 11 is 1.39. The van der Waals surface area contributed by atoms with Gasteiger partial charge in [-0.15, -0.1) is 10.2 Å². The molecule has 1 N–H and O–H groups in total. The first kappa shape index (κ1) is 23.9. The quantitative estimate of drug-likeness (QED) is 0.386. The van der Waals surface area contributed by atoms with Crippen molar-refractivity contribution in [2.75, 3.05) is 11.1 Å². The lowest BCUT2D eigenvalue weighted by molar-refractivity contribution is -0.113. The maximum Gasteiger partial charge on any atom is 0.234 e. The van der Waals surface area contributed by atoms with Crippen molar-refractivity contribution < 1.29 is 9.53 Å². The second kappa shape index (κ2) is 11.2. The molecule has 0 aliphatic carbocycles. The Morgan fingerprint density at radius 3 is 2.31 bits per heavy atom. The third-order valence-electron chi connectivity index (χ3n) is 4.91. The number of nitrogens with zero attached hydrogens (tertiary/aromatic N) is 3. The van der Waals surface area contributed by atoms with Gasteiger partial charge in [0.15, 0.2) is 17.1 Å². The fourth-order valence-corrected chi connectivity index (χ4v) is 4.04. The number of benzene rings is 2. The fraction of sp³-hybridized carbons (Fsp3) is 0.400. The molecular formula is C25H32N4O2S. The number of anilines is 1. The molecule has 0 saturated heterocycles. The molecule has 3 rings (SSSR count). The van der Waals surface area contributed by atoms with Crippen LogP contribution in [0, 0.1) is 5.92 Å². The number of amides is 1. The molecule has 1 atom stereocenters. The number of nitrogens with one attached hydrogen (secondary N) is 1. The highest BCUT2D eigenvalue weighted by molar-refractivity contribution is 7.99.